The second kappa shape index (κ2) is 7.21. The van der Waals surface area contributed by atoms with Gasteiger partial charge in [0.05, 0.1) is 0 Å². The SMILES string of the molecule is O=C(NCc1ccncc1)c1csc(Nc2cccc(Cl)c2)n1. The minimum absolute atomic E-state index is 0.211. The molecule has 2 N–H and O–H groups in total. The third-order valence-corrected chi connectivity index (χ3v) is 4.01. The first kappa shape index (κ1) is 15.5. The summed E-state index contributed by atoms with van der Waals surface area (Å²) in [5.41, 5.74) is 2.20. The molecule has 116 valence electrons. The molecule has 0 bridgehead atoms. The van der Waals surface area contributed by atoms with Crippen LogP contribution in [0.4, 0.5) is 10.8 Å². The van der Waals surface area contributed by atoms with Crippen molar-refractivity contribution in [3.05, 3.63) is 70.5 Å². The molecule has 0 spiro atoms. The molecule has 0 atom stereocenters. The zero-order chi connectivity index (χ0) is 16.1. The van der Waals surface area contributed by atoms with Gasteiger partial charge < -0.3 is 10.6 Å². The molecule has 0 saturated carbocycles. The quantitative estimate of drug-likeness (QED) is 0.737. The van der Waals surface area contributed by atoms with Crippen LogP contribution in [0.5, 0.6) is 0 Å². The molecule has 2 aromatic heterocycles. The van der Waals surface area contributed by atoms with Gasteiger partial charge in [-0.2, -0.15) is 0 Å². The molecule has 0 aliphatic rings. The van der Waals surface area contributed by atoms with Crippen LogP contribution in [0.15, 0.2) is 54.2 Å². The molecular formula is C16H13ClN4OS. The van der Waals surface area contributed by atoms with Crippen LogP contribution in [0.25, 0.3) is 0 Å². The standard InChI is InChI=1S/C16H13ClN4OS/c17-12-2-1-3-13(8-12)20-16-21-14(10-23-16)15(22)19-9-11-4-6-18-7-5-11/h1-8,10H,9H2,(H,19,22)(H,20,21). The van der Waals surface area contributed by atoms with E-state index in [9.17, 15) is 4.79 Å². The van der Waals surface area contributed by atoms with E-state index >= 15 is 0 Å². The van der Waals surface area contributed by atoms with Crippen molar-refractivity contribution in [3.8, 4) is 0 Å². The second-order valence-electron chi connectivity index (χ2n) is 4.71. The highest BCUT2D eigenvalue weighted by Gasteiger charge is 2.10. The maximum absolute atomic E-state index is 12.1. The Hall–Kier alpha value is -2.44. The Morgan fingerprint density at radius 2 is 2.04 bits per heavy atom. The molecule has 5 nitrogen and oxygen atoms in total. The zero-order valence-corrected chi connectivity index (χ0v) is 13.6. The number of anilines is 2. The fourth-order valence-corrected chi connectivity index (χ4v) is 2.80. The van der Waals surface area contributed by atoms with Crippen LogP contribution in [-0.4, -0.2) is 15.9 Å². The highest BCUT2D eigenvalue weighted by Crippen LogP contribution is 2.23. The Morgan fingerprint density at radius 1 is 1.22 bits per heavy atom. The fraction of sp³-hybridized carbons (Fsp3) is 0.0625. The molecule has 3 aromatic rings. The molecule has 7 heteroatoms. The average Bonchev–Trinajstić information content (AvgIpc) is 3.02. The normalized spacial score (nSPS) is 10.3. The summed E-state index contributed by atoms with van der Waals surface area (Å²) in [6.45, 7) is 0.440. The maximum atomic E-state index is 12.1. The van der Waals surface area contributed by atoms with Crippen molar-refractivity contribution in [2.45, 2.75) is 6.54 Å². The van der Waals surface area contributed by atoms with Crippen LogP contribution in [0.2, 0.25) is 5.02 Å². The van der Waals surface area contributed by atoms with Crippen molar-refractivity contribution < 1.29 is 4.79 Å². The number of hydrogen-bond donors (Lipinski definition) is 2. The lowest BCUT2D eigenvalue weighted by molar-refractivity contribution is 0.0946. The van der Waals surface area contributed by atoms with E-state index in [0.29, 0.717) is 22.4 Å². The first-order valence-corrected chi connectivity index (χ1v) is 8.12. The van der Waals surface area contributed by atoms with Crippen molar-refractivity contribution in [1.82, 2.24) is 15.3 Å². The molecule has 23 heavy (non-hydrogen) atoms. The number of thiazole rings is 1. The van der Waals surface area contributed by atoms with Crippen LogP contribution in [0, 0.1) is 0 Å². The predicted molar refractivity (Wildman–Crippen MR) is 92.3 cm³/mol. The Bertz CT molecular complexity index is 807. The third-order valence-electron chi connectivity index (χ3n) is 3.02. The Kier molecular flexibility index (Phi) is 4.85. The smallest absolute Gasteiger partial charge is 0.271 e. The van der Waals surface area contributed by atoms with Crippen LogP contribution >= 0.6 is 22.9 Å². The first-order chi connectivity index (χ1) is 11.2. The molecule has 0 radical (unpaired) electrons. The Labute approximate surface area is 142 Å². The van der Waals surface area contributed by atoms with Crippen LogP contribution < -0.4 is 10.6 Å². The second-order valence-corrected chi connectivity index (χ2v) is 6.01. The Balaban J connectivity index is 1.61. The summed E-state index contributed by atoms with van der Waals surface area (Å²) in [5.74, 6) is -0.211. The monoisotopic (exact) mass is 344 g/mol. The topological polar surface area (TPSA) is 66.9 Å². The number of carbonyl (C=O) groups excluding carboxylic acids is 1. The predicted octanol–water partition coefficient (Wildman–Crippen LogP) is 3.87. The summed E-state index contributed by atoms with van der Waals surface area (Å²) in [5, 5.41) is 8.96. The van der Waals surface area contributed by atoms with Crippen LogP contribution in [-0.2, 0) is 6.54 Å². The number of nitrogens with zero attached hydrogens (tertiary/aromatic N) is 2. The number of nitrogens with one attached hydrogen (secondary N) is 2. The van der Waals surface area contributed by atoms with Gasteiger partial charge in [-0.1, -0.05) is 17.7 Å². The maximum Gasteiger partial charge on any atom is 0.271 e. The van der Waals surface area contributed by atoms with Crippen molar-refractivity contribution in [2.75, 3.05) is 5.32 Å². The molecule has 0 aliphatic carbocycles. The Morgan fingerprint density at radius 3 is 2.83 bits per heavy atom. The van der Waals surface area contributed by atoms with Gasteiger partial charge in [-0.3, -0.25) is 9.78 Å². The number of benzene rings is 1. The van der Waals surface area contributed by atoms with Gasteiger partial charge in [0.1, 0.15) is 5.69 Å². The molecule has 0 aliphatic heterocycles. The van der Waals surface area contributed by atoms with E-state index in [2.05, 4.69) is 20.6 Å². The van der Waals surface area contributed by atoms with Crippen LogP contribution in [0.1, 0.15) is 16.1 Å². The summed E-state index contributed by atoms with van der Waals surface area (Å²) >= 11 is 7.30. The first-order valence-electron chi connectivity index (χ1n) is 6.86. The third kappa shape index (κ3) is 4.28. The molecule has 0 saturated heterocycles. The van der Waals surface area contributed by atoms with Crippen molar-refractivity contribution in [1.29, 1.82) is 0 Å². The fourth-order valence-electron chi connectivity index (χ4n) is 1.90. The lowest BCUT2D eigenvalue weighted by Crippen LogP contribution is -2.23. The number of rotatable bonds is 5. The van der Waals surface area contributed by atoms with Gasteiger partial charge >= 0.3 is 0 Å². The summed E-state index contributed by atoms with van der Waals surface area (Å²) < 4.78 is 0. The summed E-state index contributed by atoms with van der Waals surface area (Å²) in [6, 6.07) is 11.0. The molecule has 0 unspecified atom stereocenters. The van der Waals surface area contributed by atoms with Crippen molar-refractivity contribution >= 4 is 39.7 Å². The number of hydrogen-bond acceptors (Lipinski definition) is 5. The largest absolute Gasteiger partial charge is 0.347 e. The number of pyridine rings is 1. The highest BCUT2D eigenvalue weighted by atomic mass is 35.5. The molecular weight excluding hydrogens is 332 g/mol. The van der Waals surface area contributed by atoms with Gasteiger partial charge in [0, 0.05) is 35.0 Å². The van der Waals surface area contributed by atoms with E-state index < -0.39 is 0 Å². The lowest BCUT2D eigenvalue weighted by Gasteiger charge is -2.03. The minimum atomic E-state index is -0.211. The summed E-state index contributed by atoms with van der Waals surface area (Å²) in [4.78, 5) is 20.3. The van der Waals surface area contributed by atoms with Gasteiger partial charge in [0.2, 0.25) is 0 Å². The van der Waals surface area contributed by atoms with Gasteiger partial charge in [-0.25, -0.2) is 4.98 Å². The number of amides is 1. The molecule has 2 heterocycles. The van der Waals surface area contributed by atoms with Crippen molar-refractivity contribution in [2.24, 2.45) is 0 Å². The van der Waals surface area contributed by atoms with E-state index in [-0.39, 0.29) is 5.91 Å². The van der Waals surface area contributed by atoms with E-state index in [1.807, 2.05) is 24.3 Å². The van der Waals surface area contributed by atoms with Crippen LogP contribution in [0.3, 0.4) is 0 Å². The number of aromatic nitrogens is 2. The molecule has 0 fully saturated rings. The minimum Gasteiger partial charge on any atom is -0.347 e. The number of halogens is 1. The van der Waals surface area contributed by atoms with Crippen molar-refractivity contribution in [3.63, 3.8) is 0 Å². The summed E-state index contributed by atoms with van der Waals surface area (Å²) in [6.07, 6.45) is 3.38. The van der Waals surface area contributed by atoms with Gasteiger partial charge in [-0.15, -0.1) is 11.3 Å². The molecule has 1 aromatic carbocycles. The van der Waals surface area contributed by atoms with E-state index in [1.54, 1.807) is 29.9 Å². The van der Waals surface area contributed by atoms with Gasteiger partial charge in [-0.05, 0) is 35.9 Å². The van der Waals surface area contributed by atoms with E-state index in [0.717, 1.165) is 11.3 Å². The van der Waals surface area contributed by atoms with Gasteiger partial charge in [0.25, 0.3) is 5.91 Å². The number of carbonyl (C=O) groups is 1. The average molecular weight is 345 g/mol. The van der Waals surface area contributed by atoms with E-state index in [4.69, 9.17) is 11.6 Å². The van der Waals surface area contributed by atoms with E-state index in [1.165, 1.54) is 11.3 Å². The molecule has 1 amide bonds. The summed E-state index contributed by atoms with van der Waals surface area (Å²) in [7, 11) is 0. The highest BCUT2D eigenvalue weighted by molar-refractivity contribution is 7.14. The van der Waals surface area contributed by atoms with Gasteiger partial charge in [0.15, 0.2) is 5.13 Å². The molecule has 3 rings (SSSR count). The zero-order valence-electron chi connectivity index (χ0n) is 12.0. The lowest BCUT2D eigenvalue weighted by atomic mass is 10.2.